The summed E-state index contributed by atoms with van der Waals surface area (Å²) in [5.41, 5.74) is 3.73. The number of aromatic nitrogens is 2. The largest absolute Gasteiger partial charge is 0.370 e. The smallest absolute Gasteiger partial charge is 0.148 e. The number of anilines is 2. The average molecular weight is 283 g/mol. The number of nitrogens with zero attached hydrogens (tertiary/aromatic N) is 2. The van der Waals surface area contributed by atoms with Crippen molar-refractivity contribution in [1.29, 1.82) is 0 Å². The second-order valence-electron chi connectivity index (χ2n) is 4.42. The molecule has 5 nitrogen and oxygen atoms in total. The van der Waals surface area contributed by atoms with Crippen LogP contribution in [0.3, 0.4) is 0 Å². The SMILES string of the molecule is CCCc1c(NN)ncnc1NCCCCCSC. The van der Waals surface area contributed by atoms with Crippen LogP contribution in [0, 0.1) is 0 Å². The first-order chi connectivity index (χ1) is 9.33. The molecule has 0 fully saturated rings. The lowest BCUT2D eigenvalue weighted by Gasteiger charge is -2.13. The highest BCUT2D eigenvalue weighted by molar-refractivity contribution is 7.98. The van der Waals surface area contributed by atoms with Crippen molar-refractivity contribution in [2.45, 2.75) is 39.0 Å². The number of thioether (sulfide) groups is 1. The summed E-state index contributed by atoms with van der Waals surface area (Å²) in [6.45, 7) is 3.09. The Balaban J connectivity index is 2.47. The van der Waals surface area contributed by atoms with Crippen LogP contribution in [0.4, 0.5) is 11.6 Å². The number of hydrazine groups is 1. The minimum absolute atomic E-state index is 0.724. The molecule has 19 heavy (non-hydrogen) atoms. The monoisotopic (exact) mass is 283 g/mol. The van der Waals surface area contributed by atoms with Crippen LogP contribution in [-0.2, 0) is 6.42 Å². The zero-order valence-corrected chi connectivity index (χ0v) is 12.7. The molecule has 0 saturated carbocycles. The third-order valence-corrected chi connectivity index (χ3v) is 3.60. The third kappa shape index (κ3) is 5.65. The van der Waals surface area contributed by atoms with Crippen molar-refractivity contribution < 1.29 is 0 Å². The molecular formula is C13H25N5S. The topological polar surface area (TPSA) is 75.9 Å². The fourth-order valence-corrected chi connectivity index (χ4v) is 2.42. The summed E-state index contributed by atoms with van der Waals surface area (Å²) in [4.78, 5) is 8.47. The van der Waals surface area contributed by atoms with Crippen LogP contribution in [-0.4, -0.2) is 28.5 Å². The first-order valence-corrected chi connectivity index (χ1v) is 8.26. The van der Waals surface area contributed by atoms with E-state index in [1.165, 1.54) is 25.0 Å². The summed E-state index contributed by atoms with van der Waals surface area (Å²) in [6, 6.07) is 0. The molecule has 1 aromatic rings. The summed E-state index contributed by atoms with van der Waals surface area (Å²) in [7, 11) is 0. The number of nitrogens with one attached hydrogen (secondary N) is 2. The van der Waals surface area contributed by atoms with E-state index in [0.29, 0.717) is 0 Å². The molecule has 0 amide bonds. The van der Waals surface area contributed by atoms with Crippen molar-refractivity contribution in [2.75, 3.05) is 29.3 Å². The van der Waals surface area contributed by atoms with Gasteiger partial charge in [-0.15, -0.1) is 0 Å². The molecule has 0 aliphatic heterocycles. The minimum Gasteiger partial charge on any atom is -0.370 e. The highest BCUT2D eigenvalue weighted by atomic mass is 32.2. The Labute approximate surface area is 120 Å². The standard InChI is InChI=1S/C13H25N5S/c1-3-7-11-12(16-10-17-13(11)18-14)15-8-5-4-6-9-19-2/h10H,3-9,14H2,1-2H3,(H2,15,16,17,18). The molecule has 0 atom stereocenters. The van der Waals surface area contributed by atoms with Crippen molar-refractivity contribution >= 4 is 23.4 Å². The van der Waals surface area contributed by atoms with E-state index in [0.717, 1.165) is 36.6 Å². The minimum atomic E-state index is 0.724. The Bertz CT molecular complexity index is 359. The Morgan fingerprint density at radius 1 is 1.21 bits per heavy atom. The van der Waals surface area contributed by atoms with Gasteiger partial charge in [-0.1, -0.05) is 19.8 Å². The van der Waals surface area contributed by atoms with E-state index < -0.39 is 0 Å². The van der Waals surface area contributed by atoms with E-state index >= 15 is 0 Å². The second-order valence-corrected chi connectivity index (χ2v) is 5.41. The van der Waals surface area contributed by atoms with Gasteiger partial charge in [0.05, 0.1) is 0 Å². The van der Waals surface area contributed by atoms with Crippen LogP contribution in [0.25, 0.3) is 0 Å². The van der Waals surface area contributed by atoms with E-state index in [1.54, 1.807) is 6.33 Å². The highest BCUT2D eigenvalue weighted by Crippen LogP contribution is 2.20. The number of hydrogen-bond donors (Lipinski definition) is 3. The molecule has 0 saturated heterocycles. The van der Waals surface area contributed by atoms with Gasteiger partial charge in [0.15, 0.2) is 0 Å². The van der Waals surface area contributed by atoms with Gasteiger partial charge in [-0.05, 0) is 31.3 Å². The van der Waals surface area contributed by atoms with Gasteiger partial charge in [0.25, 0.3) is 0 Å². The maximum Gasteiger partial charge on any atom is 0.148 e. The summed E-state index contributed by atoms with van der Waals surface area (Å²) in [5, 5.41) is 3.40. The average Bonchev–Trinajstić information content (AvgIpc) is 2.44. The highest BCUT2D eigenvalue weighted by Gasteiger charge is 2.09. The van der Waals surface area contributed by atoms with E-state index in [1.807, 2.05) is 11.8 Å². The van der Waals surface area contributed by atoms with Crippen LogP contribution in [0.1, 0.15) is 38.2 Å². The van der Waals surface area contributed by atoms with Crippen molar-refractivity contribution in [3.8, 4) is 0 Å². The van der Waals surface area contributed by atoms with Gasteiger partial charge < -0.3 is 10.7 Å². The molecule has 0 aliphatic rings. The van der Waals surface area contributed by atoms with Crippen molar-refractivity contribution in [3.05, 3.63) is 11.9 Å². The molecule has 0 spiro atoms. The molecule has 1 heterocycles. The Hall–Kier alpha value is -1.01. The van der Waals surface area contributed by atoms with E-state index in [2.05, 4.69) is 33.9 Å². The lowest BCUT2D eigenvalue weighted by molar-refractivity contribution is 0.746. The third-order valence-electron chi connectivity index (χ3n) is 2.90. The molecule has 0 aliphatic carbocycles. The van der Waals surface area contributed by atoms with Crippen LogP contribution in [0.15, 0.2) is 6.33 Å². The summed E-state index contributed by atoms with van der Waals surface area (Å²) < 4.78 is 0. The second kappa shape index (κ2) is 9.86. The molecule has 1 rings (SSSR count). The molecule has 0 unspecified atom stereocenters. The summed E-state index contributed by atoms with van der Waals surface area (Å²) >= 11 is 1.91. The fraction of sp³-hybridized carbons (Fsp3) is 0.692. The Morgan fingerprint density at radius 3 is 2.68 bits per heavy atom. The number of hydrogen-bond acceptors (Lipinski definition) is 6. The van der Waals surface area contributed by atoms with Crippen LogP contribution in [0.5, 0.6) is 0 Å². The molecule has 108 valence electrons. The van der Waals surface area contributed by atoms with Crippen molar-refractivity contribution in [2.24, 2.45) is 5.84 Å². The van der Waals surface area contributed by atoms with Crippen LogP contribution < -0.4 is 16.6 Å². The van der Waals surface area contributed by atoms with Gasteiger partial charge in [-0.3, -0.25) is 0 Å². The molecular weight excluding hydrogens is 258 g/mol. The van der Waals surface area contributed by atoms with Gasteiger partial charge in [-0.2, -0.15) is 11.8 Å². The van der Waals surface area contributed by atoms with Crippen molar-refractivity contribution in [1.82, 2.24) is 9.97 Å². The zero-order valence-electron chi connectivity index (χ0n) is 11.9. The van der Waals surface area contributed by atoms with E-state index in [-0.39, 0.29) is 0 Å². The van der Waals surface area contributed by atoms with Gasteiger partial charge in [0.2, 0.25) is 0 Å². The lowest BCUT2D eigenvalue weighted by atomic mass is 10.1. The molecule has 6 heteroatoms. The van der Waals surface area contributed by atoms with Gasteiger partial charge in [-0.25, -0.2) is 15.8 Å². The number of nitrogens with two attached hydrogens (primary N) is 1. The zero-order chi connectivity index (χ0) is 13.9. The summed E-state index contributed by atoms with van der Waals surface area (Å²) in [6.07, 6.45) is 9.37. The number of unbranched alkanes of at least 4 members (excludes halogenated alkanes) is 2. The predicted octanol–water partition coefficient (Wildman–Crippen LogP) is 2.66. The Morgan fingerprint density at radius 2 is 2.00 bits per heavy atom. The molecule has 0 bridgehead atoms. The van der Waals surface area contributed by atoms with Crippen LogP contribution in [0.2, 0.25) is 0 Å². The van der Waals surface area contributed by atoms with Gasteiger partial charge >= 0.3 is 0 Å². The quantitative estimate of drug-likeness (QED) is 0.348. The number of nitrogen functional groups attached to an aromatic ring is 1. The number of rotatable bonds is 10. The molecule has 0 aromatic carbocycles. The van der Waals surface area contributed by atoms with Gasteiger partial charge in [0, 0.05) is 12.1 Å². The first-order valence-electron chi connectivity index (χ1n) is 6.86. The molecule has 1 aromatic heterocycles. The van der Waals surface area contributed by atoms with Gasteiger partial charge in [0.1, 0.15) is 18.0 Å². The van der Waals surface area contributed by atoms with Crippen LogP contribution >= 0.6 is 11.8 Å². The maximum atomic E-state index is 5.49. The van der Waals surface area contributed by atoms with E-state index in [9.17, 15) is 0 Å². The Kier molecular flexibility index (Phi) is 8.33. The maximum absolute atomic E-state index is 5.49. The fourth-order valence-electron chi connectivity index (χ4n) is 1.93. The lowest BCUT2D eigenvalue weighted by Crippen LogP contribution is -2.14. The van der Waals surface area contributed by atoms with Crippen molar-refractivity contribution in [3.63, 3.8) is 0 Å². The summed E-state index contributed by atoms with van der Waals surface area (Å²) in [5.74, 6) is 8.37. The first kappa shape index (κ1) is 16.0. The molecule has 4 N–H and O–H groups in total. The predicted molar refractivity (Wildman–Crippen MR) is 84.6 cm³/mol. The molecule has 0 radical (unpaired) electrons. The normalized spacial score (nSPS) is 10.5. The van der Waals surface area contributed by atoms with E-state index in [4.69, 9.17) is 5.84 Å².